The van der Waals surface area contributed by atoms with Gasteiger partial charge in [0.2, 0.25) is 0 Å². The smallest absolute Gasteiger partial charge is 0.161 e. The Bertz CT molecular complexity index is 630. The molecule has 1 aromatic carbocycles. The molecule has 2 rings (SSSR count). The van der Waals surface area contributed by atoms with Gasteiger partial charge in [0, 0.05) is 11.6 Å². The van der Waals surface area contributed by atoms with Crippen molar-refractivity contribution < 1.29 is 0 Å². The first kappa shape index (κ1) is 13.2. The van der Waals surface area contributed by atoms with E-state index >= 15 is 0 Å². The number of allylic oxidation sites excluding steroid dienone is 4. The molecule has 0 aliphatic heterocycles. The molecule has 0 saturated carbocycles. The molecular formula is C16H13ClN2. The first-order valence-electron chi connectivity index (χ1n) is 5.80. The molecule has 3 heteroatoms. The standard InChI is InChI=1S/C16H13ClN2/c1-3-8-12(4-2)14-11-15(17)19-16(18-14)13-9-6-5-7-10-13/h3-11H,1-2H2/b12-8+. The summed E-state index contributed by atoms with van der Waals surface area (Å²) in [6, 6.07) is 11.4. The average molecular weight is 269 g/mol. The lowest BCUT2D eigenvalue weighted by Crippen LogP contribution is -1.95. The van der Waals surface area contributed by atoms with E-state index in [1.54, 1.807) is 18.2 Å². The molecule has 0 aliphatic rings. The van der Waals surface area contributed by atoms with E-state index in [2.05, 4.69) is 23.1 Å². The zero-order valence-electron chi connectivity index (χ0n) is 10.4. The summed E-state index contributed by atoms with van der Waals surface area (Å²) in [6.45, 7) is 7.44. The summed E-state index contributed by atoms with van der Waals surface area (Å²) in [6.07, 6.45) is 5.24. The average Bonchev–Trinajstić information content (AvgIpc) is 2.45. The van der Waals surface area contributed by atoms with Gasteiger partial charge in [-0.05, 0) is 5.57 Å². The van der Waals surface area contributed by atoms with E-state index in [4.69, 9.17) is 11.6 Å². The Morgan fingerprint density at radius 1 is 1.11 bits per heavy atom. The van der Waals surface area contributed by atoms with Crippen molar-refractivity contribution in [2.75, 3.05) is 0 Å². The van der Waals surface area contributed by atoms with Crippen molar-refractivity contribution in [3.8, 4) is 11.4 Å². The van der Waals surface area contributed by atoms with E-state index in [0.717, 1.165) is 16.8 Å². The highest BCUT2D eigenvalue weighted by molar-refractivity contribution is 6.29. The fourth-order valence-electron chi connectivity index (χ4n) is 1.67. The van der Waals surface area contributed by atoms with Gasteiger partial charge in [-0.3, -0.25) is 0 Å². The summed E-state index contributed by atoms with van der Waals surface area (Å²) >= 11 is 6.06. The molecule has 0 amide bonds. The van der Waals surface area contributed by atoms with Crippen LogP contribution in [0.4, 0.5) is 0 Å². The lowest BCUT2D eigenvalue weighted by molar-refractivity contribution is 1.15. The predicted octanol–water partition coefficient (Wildman–Crippen LogP) is 4.55. The van der Waals surface area contributed by atoms with Crippen molar-refractivity contribution >= 4 is 17.2 Å². The minimum atomic E-state index is 0.403. The van der Waals surface area contributed by atoms with E-state index in [0.29, 0.717) is 11.0 Å². The van der Waals surface area contributed by atoms with Gasteiger partial charge in [-0.25, -0.2) is 9.97 Å². The summed E-state index contributed by atoms with van der Waals surface area (Å²) in [5.41, 5.74) is 2.51. The van der Waals surface area contributed by atoms with E-state index in [1.165, 1.54) is 0 Å². The van der Waals surface area contributed by atoms with Crippen LogP contribution in [0.2, 0.25) is 5.15 Å². The number of aromatic nitrogens is 2. The van der Waals surface area contributed by atoms with Crippen LogP contribution in [0.1, 0.15) is 5.69 Å². The Balaban J connectivity index is 2.55. The molecule has 0 radical (unpaired) electrons. The molecule has 0 fully saturated rings. The van der Waals surface area contributed by atoms with Crippen molar-refractivity contribution in [3.05, 3.63) is 78.6 Å². The molecule has 0 aliphatic carbocycles. The highest BCUT2D eigenvalue weighted by atomic mass is 35.5. The third kappa shape index (κ3) is 3.18. The predicted molar refractivity (Wildman–Crippen MR) is 80.8 cm³/mol. The van der Waals surface area contributed by atoms with Gasteiger partial charge < -0.3 is 0 Å². The topological polar surface area (TPSA) is 25.8 Å². The van der Waals surface area contributed by atoms with Crippen molar-refractivity contribution in [3.63, 3.8) is 0 Å². The van der Waals surface area contributed by atoms with E-state index < -0.39 is 0 Å². The normalized spacial score (nSPS) is 11.1. The fourth-order valence-corrected chi connectivity index (χ4v) is 1.85. The Morgan fingerprint density at radius 2 is 1.84 bits per heavy atom. The van der Waals surface area contributed by atoms with E-state index in [-0.39, 0.29) is 0 Å². The van der Waals surface area contributed by atoms with Crippen molar-refractivity contribution in [1.29, 1.82) is 0 Å². The van der Waals surface area contributed by atoms with Gasteiger partial charge >= 0.3 is 0 Å². The van der Waals surface area contributed by atoms with E-state index in [1.807, 2.05) is 36.4 Å². The largest absolute Gasteiger partial charge is 0.228 e. The second-order valence-electron chi connectivity index (χ2n) is 3.83. The van der Waals surface area contributed by atoms with Crippen LogP contribution in [0.15, 0.2) is 67.8 Å². The highest BCUT2D eigenvalue weighted by Gasteiger charge is 2.07. The fraction of sp³-hybridized carbons (Fsp3) is 0. The van der Waals surface area contributed by atoms with Crippen molar-refractivity contribution in [2.24, 2.45) is 0 Å². The van der Waals surface area contributed by atoms with Crippen LogP contribution < -0.4 is 0 Å². The minimum absolute atomic E-state index is 0.403. The van der Waals surface area contributed by atoms with Gasteiger partial charge in [0.05, 0.1) is 5.69 Å². The maximum atomic E-state index is 6.06. The molecule has 19 heavy (non-hydrogen) atoms. The molecule has 94 valence electrons. The van der Waals surface area contributed by atoms with Crippen LogP contribution in [0, 0.1) is 0 Å². The third-order valence-electron chi connectivity index (χ3n) is 2.54. The number of hydrogen-bond donors (Lipinski definition) is 0. The molecule has 0 spiro atoms. The molecule has 0 atom stereocenters. The summed E-state index contributed by atoms with van der Waals surface area (Å²) in [5, 5.41) is 0.403. The molecule has 1 aromatic heterocycles. The Hall–Kier alpha value is -2.19. The van der Waals surface area contributed by atoms with Gasteiger partial charge in [-0.15, -0.1) is 0 Å². The Kier molecular flexibility index (Phi) is 4.26. The molecule has 0 bridgehead atoms. The second kappa shape index (κ2) is 6.12. The van der Waals surface area contributed by atoms with Gasteiger partial charge in [-0.2, -0.15) is 0 Å². The first-order chi connectivity index (χ1) is 9.24. The van der Waals surface area contributed by atoms with Crippen LogP contribution in [-0.4, -0.2) is 9.97 Å². The number of halogens is 1. The number of nitrogens with zero attached hydrogens (tertiary/aromatic N) is 2. The highest BCUT2D eigenvalue weighted by Crippen LogP contribution is 2.22. The molecule has 1 heterocycles. The summed E-state index contributed by atoms with van der Waals surface area (Å²) in [5.74, 6) is 0.597. The van der Waals surface area contributed by atoms with Gasteiger partial charge in [0.25, 0.3) is 0 Å². The summed E-state index contributed by atoms with van der Waals surface area (Å²) in [4.78, 5) is 8.76. The molecule has 2 aromatic rings. The lowest BCUT2D eigenvalue weighted by Gasteiger charge is -2.05. The van der Waals surface area contributed by atoms with Gasteiger partial charge in [0.1, 0.15) is 5.15 Å². The zero-order chi connectivity index (χ0) is 13.7. The van der Waals surface area contributed by atoms with Crippen LogP contribution in [0.5, 0.6) is 0 Å². The SMILES string of the molecule is C=C/C=C(\C=C)c1cc(Cl)nc(-c2ccccc2)n1. The van der Waals surface area contributed by atoms with Crippen molar-refractivity contribution in [1.82, 2.24) is 9.97 Å². The lowest BCUT2D eigenvalue weighted by atomic mass is 10.1. The van der Waals surface area contributed by atoms with Crippen LogP contribution >= 0.6 is 11.6 Å². The Labute approximate surface area is 117 Å². The van der Waals surface area contributed by atoms with Crippen molar-refractivity contribution in [2.45, 2.75) is 0 Å². The monoisotopic (exact) mass is 268 g/mol. The van der Waals surface area contributed by atoms with Crippen LogP contribution in [-0.2, 0) is 0 Å². The quantitative estimate of drug-likeness (QED) is 0.600. The number of benzene rings is 1. The summed E-state index contributed by atoms with van der Waals surface area (Å²) in [7, 11) is 0. The maximum Gasteiger partial charge on any atom is 0.161 e. The van der Waals surface area contributed by atoms with Crippen LogP contribution in [0.25, 0.3) is 17.0 Å². The molecule has 0 unspecified atom stereocenters. The minimum Gasteiger partial charge on any atom is -0.228 e. The first-order valence-corrected chi connectivity index (χ1v) is 6.18. The van der Waals surface area contributed by atoms with Gasteiger partial charge in [-0.1, -0.05) is 73.3 Å². The number of rotatable bonds is 4. The summed E-state index contributed by atoms with van der Waals surface area (Å²) < 4.78 is 0. The van der Waals surface area contributed by atoms with E-state index in [9.17, 15) is 0 Å². The van der Waals surface area contributed by atoms with Gasteiger partial charge in [0.15, 0.2) is 5.82 Å². The number of hydrogen-bond acceptors (Lipinski definition) is 2. The van der Waals surface area contributed by atoms with Crippen LogP contribution in [0.3, 0.4) is 0 Å². The Morgan fingerprint density at radius 3 is 2.47 bits per heavy atom. The maximum absolute atomic E-state index is 6.06. The molecule has 0 saturated heterocycles. The second-order valence-corrected chi connectivity index (χ2v) is 4.21. The molecule has 0 N–H and O–H groups in total. The molecule has 2 nitrogen and oxygen atoms in total. The zero-order valence-corrected chi connectivity index (χ0v) is 11.1. The third-order valence-corrected chi connectivity index (χ3v) is 2.73. The molecular weight excluding hydrogens is 256 g/mol.